The quantitative estimate of drug-likeness (QED) is 0.778. The third-order valence-corrected chi connectivity index (χ3v) is 2.16. The number of nitriles is 1. The molecule has 0 heterocycles. The highest BCUT2D eigenvalue weighted by Gasteiger charge is 2.21. The van der Waals surface area contributed by atoms with Crippen molar-refractivity contribution in [3.8, 4) is 6.07 Å². The van der Waals surface area contributed by atoms with Crippen LogP contribution in [0.3, 0.4) is 0 Å². The van der Waals surface area contributed by atoms with Gasteiger partial charge in [0.1, 0.15) is 11.7 Å². The van der Waals surface area contributed by atoms with Gasteiger partial charge in [-0.3, -0.25) is 0 Å². The maximum Gasteiger partial charge on any atom is 0.330 e. The zero-order valence-electron chi connectivity index (χ0n) is 9.41. The first-order chi connectivity index (χ1) is 8.53. The van der Waals surface area contributed by atoms with Crippen molar-refractivity contribution in [2.45, 2.75) is 6.04 Å². The van der Waals surface area contributed by atoms with E-state index < -0.39 is 35.9 Å². The highest BCUT2D eigenvalue weighted by atomic mass is 19.1. The van der Waals surface area contributed by atoms with Crippen LogP contribution in [0, 0.1) is 23.0 Å². The van der Waals surface area contributed by atoms with Crippen molar-refractivity contribution in [3.63, 3.8) is 0 Å². The molecular formula is C11H10F2N2O3. The van der Waals surface area contributed by atoms with Gasteiger partial charge in [0.05, 0.1) is 25.3 Å². The number of methoxy groups -OCH3 is 1. The van der Waals surface area contributed by atoms with E-state index in [0.29, 0.717) is 0 Å². The van der Waals surface area contributed by atoms with Gasteiger partial charge in [-0.15, -0.1) is 0 Å². The molecule has 18 heavy (non-hydrogen) atoms. The lowest BCUT2D eigenvalue weighted by Crippen LogP contribution is -2.34. The van der Waals surface area contributed by atoms with Crippen LogP contribution < -0.4 is 5.32 Å². The van der Waals surface area contributed by atoms with Gasteiger partial charge in [0.2, 0.25) is 0 Å². The van der Waals surface area contributed by atoms with Crippen LogP contribution in [0.5, 0.6) is 0 Å². The lowest BCUT2D eigenvalue weighted by Gasteiger charge is -2.16. The zero-order chi connectivity index (χ0) is 13.7. The SMILES string of the molecule is COC(=O)C(CO)Nc1c(F)cc(C#N)cc1F. The van der Waals surface area contributed by atoms with Gasteiger partial charge in [0, 0.05) is 0 Å². The van der Waals surface area contributed by atoms with Gasteiger partial charge in [-0.1, -0.05) is 0 Å². The highest BCUT2D eigenvalue weighted by Crippen LogP contribution is 2.21. The number of carbonyl (C=O) groups excluding carboxylic acids is 1. The van der Waals surface area contributed by atoms with Crippen molar-refractivity contribution in [1.82, 2.24) is 0 Å². The molecule has 1 aromatic rings. The Morgan fingerprint density at radius 1 is 1.56 bits per heavy atom. The minimum atomic E-state index is -1.29. The smallest absolute Gasteiger partial charge is 0.330 e. The third-order valence-electron chi connectivity index (χ3n) is 2.16. The first-order valence-electron chi connectivity index (χ1n) is 4.87. The molecule has 0 radical (unpaired) electrons. The number of esters is 1. The monoisotopic (exact) mass is 256 g/mol. The van der Waals surface area contributed by atoms with E-state index in [1.54, 1.807) is 6.07 Å². The summed E-state index contributed by atoms with van der Waals surface area (Å²) < 4.78 is 31.3. The van der Waals surface area contributed by atoms with Crippen LogP contribution in [-0.2, 0) is 9.53 Å². The largest absolute Gasteiger partial charge is 0.467 e. The molecule has 5 nitrogen and oxygen atoms in total. The van der Waals surface area contributed by atoms with E-state index in [-0.39, 0.29) is 5.56 Å². The van der Waals surface area contributed by atoms with Crippen molar-refractivity contribution in [3.05, 3.63) is 29.3 Å². The van der Waals surface area contributed by atoms with Crippen molar-refractivity contribution < 1.29 is 23.4 Å². The minimum absolute atomic E-state index is 0.186. The van der Waals surface area contributed by atoms with E-state index in [9.17, 15) is 13.6 Å². The summed E-state index contributed by atoms with van der Waals surface area (Å²) in [7, 11) is 1.08. The van der Waals surface area contributed by atoms with Crippen LogP contribution >= 0.6 is 0 Å². The average molecular weight is 256 g/mol. The maximum absolute atomic E-state index is 13.5. The molecule has 0 aromatic heterocycles. The van der Waals surface area contributed by atoms with Gasteiger partial charge in [-0.05, 0) is 12.1 Å². The maximum atomic E-state index is 13.5. The average Bonchev–Trinajstić information content (AvgIpc) is 2.37. The Morgan fingerprint density at radius 3 is 2.50 bits per heavy atom. The van der Waals surface area contributed by atoms with Crippen LogP contribution in [-0.4, -0.2) is 30.8 Å². The van der Waals surface area contributed by atoms with Crippen LogP contribution in [0.15, 0.2) is 12.1 Å². The predicted octanol–water partition coefficient (Wildman–Crippen LogP) is 0.782. The summed E-state index contributed by atoms with van der Waals surface area (Å²) in [6.07, 6.45) is 0. The number of nitrogens with zero attached hydrogens (tertiary/aromatic N) is 1. The zero-order valence-corrected chi connectivity index (χ0v) is 9.41. The fourth-order valence-corrected chi connectivity index (χ4v) is 1.27. The van der Waals surface area contributed by atoms with E-state index in [0.717, 1.165) is 19.2 Å². The summed E-state index contributed by atoms with van der Waals surface area (Å²) in [5.41, 5.74) is -0.785. The Balaban J connectivity index is 3.04. The number of nitrogens with one attached hydrogen (secondary N) is 1. The molecule has 0 saturated heterocycles. The second-order valence-corrected chi connectivity index (χ2v) is 3.33. The predicted molar refractivity (Wildman–Crippen MR) is 57.6 cm³/mol. The van der Waals surface area contributed by atoms with E-state index >= 15 is 0 Å². The molecule has 0 fully saturated rings. The number of aliphatic hydroxyl groups is 1. The number of hydrogen-bond acceptors (Lipinski definition) is 5. The minimum Gasteiger partial charge on any atom is -0.467 e. The molecular weight excluding hydrogens is 246 g/mol. The number of hydrogen-bond donors (Lipinski definition) is 2. The second kappa shape index (κ2) is 5.93. The summed E-state index contributed by atoms with van der Waals surface area (Å²) in [6.45, 7) is -0.689. The molecule has 1 aromatic carbocycles. The van der Waals surface area contributed by atoms with Crippen molar-refractivity contribution in [2.75, 3.05) is 19.0 Å². The summed E-state index contributed by atoms with van der Waals surface area (Å²) in [5, 5.41) is 19.6. The van der Waals surface area contributed by atoms with Crippen LogP contribution in [0.2, 0.25) is 0 Å². The molecule has 0 amide bonds. The molecule has 1 atom stereocenters. The number of ether oxygens (including phenoxy) is 1. The molecule has 0 aliphatic carbocycles. The molecule has 0 aliphatic heterocycles. The summed E-state index contributed by atoms with van der Waals surface area (Å²) in [4.78, 5) is 11.2. The lowest BCUT2D eigenvalue weighted by atomic mass is 10.2. The van der Waals surface area contributed by atoms with Gasteiger partial charge in [-0.25, -0.2) is 13.6 Å². The van der Waals surface area contributed by atoms with Crippen molar-refractivity contribution in [1.29, 1.82) is 5.26 Å². The number of aliphatic hydroxyl groups excluding tert-OH is 1. The van der Waals surface area contributed by atoms with Gasteiger partial charge < -0.3 is 15.2 Å². The Kier molecular flexibility index (Phi) is 4.57. The number of halogens is 2. The molecule has 0 bridgehead atoms. The molecule has 7 heteroatoms. The van der Waals surface area contributed by atoms with E-state index in [4.69, 9.17) is 10.4 Å². The molecule has 0 spiro atoms. The number of rotatable bonds is 4. The Morgan fingerprint density at radius 2 is 2.11 bits per heavy atom. The van der Waals surface area contributed by atoms with E-state index in [1.165, 1.54) is 0 Å². The Bertz CT molecular complexity index is 477. The standard InChI is InChI=1S/C11H10F2N2O3/c1-18-11(17)9(5-16)15-10-7(12)2-6(4-14)3-8(10)13/h2-3,9,15-16H,5H2,1H3. The molecule has 1 rings (SSSR count). The van der Waals surface area contributed by atoms with Crippen molar-refractivity contribution in [2.24, 2.45) is 0 Å². The summed E-state index contributed by atoms with van der Waals surface area (Å²) >= 11 is 0. The molecule has 96 valence electrons. The lowest BCUT2D eigenvalue weighted by molar-refractivity contribution is -0.142. The third kappa shape index (κ3) is 2.93. The van der Waals surface area contributed by atoms with Crippen LogP contribution in [0.4, 0.5) is 14.5 Å². The van der Waals surface area contributed by atoms with Gasteiger partial charge in [0.25, 0.3) is 0 Å². The summed E-state index contributed by atoms with van der Waals surface area (Å²) in [5.74, 6) is -2.93. The first-order valence-corrected chi connectivity index (χ1v) is 4.87. The van der Waals surface area contributed by atoms with Gasteiger partial charge in [0.15, 0.2) is 11.6 Å². The van der Waals surface area contributed by atoms with Crippen molar-refractivity contribution >= 4 is 11.7 Å². The normalized spacial score (nSPS) is 11.5. The fourth-order valence-electron chi connectivity index (χ4n) is 1.27. The second-order valence-electron chi connectivity index (χ2n) is 3.33. The number of anilines is 1. The van der Waals surface area contributed by atoms with Crippen LogP contribution in [0.1, 0.15) is 5.56 Å². The Hall–Kier alpha value is -2.20. The molecule has 1 unspecified atom stereocenters. The first kappa shape index (κ1) is 13.9. The van der Waals surface area contributed by atoms with E-state index in [2.05, 4.69) is 10.1 Å². The Labute approximate surface area is 102 Å². The highest BCUT2D eigenvalue weighted by molar-refractivity contribution is 5.79. The number of benzene rings is 1. The van der Waals surface area contributed by atoms with Gasteiger partial charge >= 0.3 is 5.97 Å². The molecule has 0 aliphatic rings. The van der Waals surface area contributed by atoms with Crippen LogP contribution in [0.25, 0.3) is 0 Å². The molecule has 0 saturated carbocycles. The van der Waals surface area contributed by atoms with Gasteiger partial charge in [-0.2, -0.15) is 5.26 Å². The number of carbonyl (C=O) groups is 1. The molecule has 2 N–H and O–H groups in total. The summed E-state index contributed by atoms with van der Waals surface area (Å²) in [6, 6.07) is 1.94. The topological polar surface area (TPSA) is 82.3 Å². The van der Waals surface area contributed by atoms with E-state index in [1.807, 2.05) is 0 Å². The fraction of sp³-hybridized carbons (Fsp3) is 0.273.